The Balaban J connectivity index is 2.56. The second kappa shape index (κ2) is 6.46. The molecule has 0 radical (unpaired) electrons. The van der Waals surface area contributed by atoms with Gasteiger partial charge in [-0.1, -0.05) is 0 Å². The van der Waals surface area contributed by atoms with Crippen molar-refractivity contribution in [3.8, 4) is 0 Å². The van der Waals surface area contributed by atoms with Gasteiger partial charge in [-0.05, 0) is 20.8 Å². The van der Waals surface area contributed by atoms with Gasteiger partial charge in [-0.25, -0.2) is 9.78 Å². The normalized spacial score (nSPS) is 13.8. The molecule has 0 aromatic carbocycles. The van der Waals surface area contributed by atoms with Crippen molar-refractivity contribution in [2.24, 2.45) is 5.73 Å². The van der Waals surface area contributed by atoms with Crippen molar-refractivity contribution >= 4 is 23.2 Å². The van der Waals surface area contributed by atoms with Gasteiger partial charge >= 0.3 is 5.97 Å². The highest BCUT2D eigenvalue weighted by Gasteiger charge is 2.25. The monoisotopic (exact) mass is 271 g/mol. The minimum absolute atomic E-state index is 0.195. The lowest BCUT2D eigenvalue weighted by Gasteiger charge is -2.14. The summed E-state index contributed by atoms with van der Waals surface area (Å²) in [5.41, 5.74) is 6.37. The molecule has 7 heteroatoms. The molecule has 0 aliphatic heterocycles. The van der Waals surface area contributed by atoms with Gasteiger partial charge in [0.1, 0.15) is 5.01 Å². The van der Waals surface area contributed by atoms with Gasteiger partial charge in [0.05, 0.1) is 12.6 Å². The zero-order valence-corrected chi connectivity index (χ0v) is 11.4. The predicted octanol–water partition coefficient (Wildman–Crippen LogP) is 0.519. The first-order valence-corrected chi connectivity index (χ1v) is 6.48. The van der Waals surface area contributed by atoms with Gasteiger partial charge in [-0.3, -0.25) is 4.79 Å². The molecular weight excluding hydrogens is 254 g/mol. The molecule has 2 atom stereocenters. The number of aryl methyl sites for hydroxylation is 1. The topological polar surface area (TPSA) is 94.3 Å². The predicted molar refractivity (Wildman–Crippen MR) is 68.0 cm³/mol. The molecule has 0 aliphatic rings. The van der Waals surface area contributed by atoms with Crippen LogP contribution in [0.15, 0.2) is 5.38 Å². The zero-order chi connectivity index (χ0) is 13.7. The Morgan fingerprint density at radius 1 is 1.61 bits per heavy atom. The molecule has 0 aliphatic carbocycles. The van der Waals surface area contributed by atoms with Crippen molar-refractivity contribution in [3.05, 3.63) is 16.1 Å². The van der Waals surface area contributed by atoms with Crippen molar-refractivity contribution in [1.82, 2.24) is 10.3 Å². The Bertz CT molecular complexity index is 433. The van der Waals surface area contributed by atoms with Crippen LogP contribution in [0.3, 0.4) is 0 Å². The lowest BCUT2D eigenvalue weighted by atomic mass is 10.2. The molecule has 0 bridgehead atoms. The molecule has 1 heterocycles. The van der Waals surface area contributed by atoms with E-state index >= 15 is 0 Å². The van der Waals surface area contributed by atoms with E-state index in [9.17, 15) is 9.59 Å². The summed E-state index contributed by atoms with van der Waals surface area (Å²) in [5.74, 6) is -1.29. The van der Waals surface area contributed by atoms with Crippen LogP contribution >= 0.6 is 11.3 Å². The molecule has 18 heavy (non-hydrogen) atoms. The van der Waals surface area contributed by atoms with Gasteiger partial charge in [0, 0.05) is 11.1 Å². The molecule has 6 nitrogen and oxygen atoms in total. The summed E-state index contributed by atoms with van der Waals surface area (Å²) in [7, 11) is 0. The summed E-state index contributed by atoms with van der Waals surface area (Å²) in [6.45, 7) is 5.51. The van der Waals surface area contributed by atoms with Crippen LogP contribution in [0.25, 0.3) is 0 Å². The number of aromatic nitrogens is 1. The van der Waals surface area contributed by atoms with E-state index in [4.69, 9.17) is 5.73 Å². The molecule has 2 unspecified atom stereocenters. The number of nitrogens with one attached hydrogen (secondary N) is 1. The number of esters is 1. The summed E-state index contributed by atoms with van der Waals surface area (Å²) >= 11 is 1.45. The van der Waals surface area contributed by atoms with Gasteiger partial charge in [0.2, 0.25) is 5.91 Å². The molecule has 1 rings (SSSR count). The minimum Gasteiger partial charge on any atom is -0.464 e. The Labute approximate surface area is 110 Å². The molecule has 0 saturated heterocycles. The van der Waals surface area contributed by atoms with E-state index in [-0.39, 0.29) is 12.6 Å². The largest absolute Gasteiger partial charge is 0.464 e. The fourth-order valence-electron chi connectivity index (χ4n) is 1.28. The van der Waals surface area contributed by atoms with Crippen molar-refractivity contribution in [2.45, 2.75) is 32.9 Å². The number of hydrogen-bond donors (Lipinski definition) is 2. The van der Waals surface area contributed by atoms with Gasteiger partial charge in [-0.2, -0.15) is 0 Å². The summed E-state index contributed by atoms with van der Waals surface area (Å²) in [5, 5.41) is 5.30. The van der Waals surface area contributed by atoms with Crippen molar-refractivity contribution < 1.29 is 14.3 Å². The molecule has 0 fully saturated rings. The maximum Gasteiger partial charge on any atom is 0.332 e. The molecule has 0 saturated carbocycles. The van der Waals surface area contributed by atoms with E-state index in [1.165, 1.54) is 11.3 Å². The van der Waals surface area contributed by atoms with E-state index in [0.29, 0.717) is 0 Å². The standard InChI is InChI=1S/C11H17N3O3S/c1-4-17-11(16)8(12)9(15)14-7(3)10-13-6(2)5-18-10/h5,7-8H,4,12H2,1-3H3,(H,14,15). The fourth-order valence-corrected chi connectivity index (χ4v) is 2.08. The summed E-state index contributed by atoms with van der Waals surface area (Å²) in [6, 6.07) is -1.58. The molecule has 1 amide bonds. The van der Waals surface area contributed by atoms with Gasteiger partial charge in [-0.15, -0.1) is 11.3 Å². The first-order valence-electron chi connectivity index (χ1n) is 5.60. The average molecular weight is 271 g/mol. The number of ether oxygens (including phenoxy) is 1. The highest BCUT2D eigenvalue weighted by molar-refractivity contribution is 7.09. The third-order valence-corrected chi connectivity index (χ3v) is 3.33. The summed E-state index contributed by atoms with van der Waals surface area (Å²) in [4.78, 5) is 27.2. The van der Waals surface area contributed by atoms with Crippen LogP contribution in [0.2, 0.25) is 0 Å². The zero-order valence-electron chi connectivity index (χ0n) is 10.6. The number of nitrogens with zero attached hydrogens (tertiary/aromatic N) is 1. The molecule has 0 spiro atoms. The van der Waals surface area contributed by atoms with Crippen LogP contribution in [0.1, 0.15) is 30.6 Å². The molecule has 100 valence electrons. The molecule has 3 N–H and O–H groups in total. The molecule has 1 aromatic rings. The Morgan fingerprint density at radius 3 is 2.78 bits per heavy atom. The van der Waals surface area contributed by atoms with Gasteiger partial charge in [0.15, 0.2) is 6.04 Å². The van der Waals surface area contributed by atoms with E-state index < -0.39 is 17.9 Å². The number of thiazole rings is 1. The maximum atomic E-state index is 11.7. The first-order chi connectivity index (χ1) is 8.45. The quantitative estimate of drug-likeness (QED) is 0.601. The highest BCUT2D eigenvalue weighted by Crippen LogP contribution is 2.17. The lowest BCUT2D eigenvalue weighted by molar-refractivity contribution is -0.148. The molecule has 1 aromatic heterocycles. The van der Waals surface area contributed by atoms with Crippen molar-refractivity contribution in [2.75, 3.05) is 6.61 Å². The maximum absolute atomic E-state index is 11.7. The first kappa shape index (κ1) is 14.6. The Kier molecular flexibility index (Phi) is 5.24. The second-order valence-corrected chi connectivity index (χ2v) is 4.68. The lowest BCUT2D eigenvalue weighted by Crippen LogP contribution is -2.47. The van der Waals surface area contributed by atoms with Crippen LogP contribution in [0.4, 0.5) is 0 Å². The Morgan fingerprint density at radius 2 is 2.28 bits per heavy atom. The van der Waals surface area contributed by atoms with E-state index in [0.717, 1.165) is 10.7 Å². The third-order valence-electron chi connectivity index (χ3n) is 2.19. The SMILES string of the molecule is CCOC(=O)C(N)C(=O)NC(C)c1nc(C)cs1. The smallest absolute Gasteiger partial charge is 0.332 e. The summed E-state index contributed by atoms with van der Waals surface area (Å²) in [6.07, 6.45) is 0. The number of nitrogens with two attached hydrogens (primary N) is 1. The Hall–Kier alpha value is -1.47. The van der Waals surface area contributed by atoms with Crippen molar-refractivity contribution in [1.29, 1.82) is 0 Å². The van der Waals surface area contributed by atoms with E-state index in [1.807, 2.05) is 12.3 Å². The van der Waals surface area contributed by atoms with Crippen LogP contribution in [0, 0.1) is 6.92 Å². The van der Waals surface area contributed by atoms with Crippen LogP contribution < -0.4 is 11.1 Å². The summed E-state index contributed by atoms with van der Waals surface area (Å²) < 4.78 is 4.68. The van der Waals surface area contributed by atoms with Crippen LogP contribution in [-0.4, -0.2) is 29.5 Å². The fraction of sp³-hybridized carbons (Fsp3) is 0.545. The third kappa shape index (κ3) is 3.78. The number of hydrogen-bond acceptors (Lipinski definition) is 6. The highest BCUT2D eigenvalue weighted by atomic mass is 32.1. The van der Waals surface area contributed by atoms with Crippen LogP contribution in [-0.2, 0) is 14.3 Å². The van der Waals surface area contributed by atoms with E-state index in [2.05, 4.69) is 15.0 Å². The minimum atomic E-state index is -1.30. The number of rotatable bonds is 5. The number of carbonyl (C=O) groups is 2. The van der Waals surface area contributed by atoms with E-state index in [1.54, 1.807) is 13.8 Å². The van der Waals surface area contributed by atoms with Gasteiger partial charge in [0.25, 0.3) is 0 Å². The van der Waals surface area contributed by atoms with Gasteiger partial charge < -0.3 is 15.8 Å². The second-order valence-electron chi connectivity index (χ2n) is 3.79. The van der Waals surface area contributed by atoms with Crippen molar-refractivity contribution in [3.63, 3.8) is 0 Å². The molecular formula is C11H17N3O3S. The number of carbonyl (C=O) groups excluding carboxylic acids is 2. The number of amides is 1. The van der Waals surface area contributed by atoms with Crippen LogP contribution in [0.5, 0.6) is 0 Å². The average Bonchev–Trinajstić information content (AvgIpc) is 2.75.